The quantitative estimate of drug-likeness (QED) is 0.670. The lowest BCUT2D eigenvalue weighted by atomic mass is 10.3. The maximum absolute atomic E-state index is 6.20. The van der Waals surface area contributed by atoms with E-state index >= 15 is 0 Å². The van der Waals surface area contributed by atoms with Gasteiger partial charge in [0.25, 0.3) is 0 Å². The highest BCUT2D eigenvalue weighted by molar-refractivity contribution is 6.31. The van der Waals surface area contributed by atoms with Crippen molar-refractivity contribution in [3.8, 4) is 5.69 Å². The Bertz CT molecular complexity index is 674. The topological polar surface area (TPSA) is 30.7 Å². The Morgan fingerprint density at radius 3 is 2.59 bits per heavy atom. The van der Waals surface area contributed by atoms with E-state index in [1.54, 1.807) is 6.20 Å². The summed E-state index contributed by atoms with van der Waals surface area (Å²) in [4.78, 5) is 8.21. The van der Waals surface area contributed by atoms with Gasteiger partial charge in [-0.15, -0.1) is 0 Å². The first-order valence-electron chi connectivity index (χ1n) is 4.98. The van der Waals surface area contributed by atoms with Gasteiger partial charge in [0.15, 0.2) is 0 Å². The fourth-order valence-corrected chi connectivity index (χ4v) is 2.17. The second-order valence-electron chi connectivity index (χ2n) is 3.58. The van der Waals surface area contributed by atoms with Gasteiger partial charge in [-0.25, -0.2) is 9.97 Å². The van der Waals surface area contributed by atoms with E-state index in [2.05, 4.69) is 9.97 Å². The van der Waals surface area contributed by atoms with Gasteiger partial charge >= 0.3 is 0 Å². The summed E-state index contributed by atoms with van der Waals surface area (Å²) in [5, 5.41) is 2.20. The lowest BCUT2D eigenvalue weighted by Gasteiger charge is -2.05. The molecule has 3 nitrogen and oxygen atoms in total. The number of benzene rings is 1. The second kappa shape index (κ2) is 4.02. The van der Waals surface area contributed by atoms with E-state index < -0.39 is 0 Å². The zero-order valence-electron chi connectivity index (χ0n) is 8.64. The van der Waals surface area contributed by atoms with Crippen LogP contribution in [0.5, 0.6) is 0 Å². The van der Waals surface area contributed by atoms with E-state index in [1.807, 2.05) is 34.9 Å². The molecule has 0 radical (unpaired) electrons. The zero-order chi connectivity index (χ0) is 11.8. The third-order valence-corrected chi connectivity index (χ3v) is 3.03. The molecular formula is C12H7Cl2N3. The van der Waals surface area contributed by atoms with E-state index in [0.717, 1.165) is 16.7 Å². The maximum Gasteiger partial charge on any atom is 0.149 e. The van der Waals surface area contributed by atoms with Gasteiger partial charge in [-0.2, -0.15) is 0 Å². The van der Waals surface area contributed by atoms with Gasteiger partial charge < -0.3 is 0 Å². The summed E-state index contributed by atoms with van der Waals surface area (Å²) in [5.74, 6) is 0. The Balaban J connectivity index is 2.29. The molecule has 17 heavy (non-hydrogen) atoms. The van der Waals surface area contributed by atoms with E-state index in [0.29, 0.717) is 10.2 Å². The number of hydrogen-bond acceptors (Lipinski definition) is 2. The van der Waals surface area contributed by atoms with E-state index in [9.17, 15) is 0 Å². The number of halogens is 2. The second-order valence-corrected chi connectivity index (χ2v) is 4.40. The lowest BCUT2D eigenvalue weighted by Crippen LogP contribution is -1.95. The third kappa shape index (κ3) is 1.77. The van der Waals surface area contributed by atoms with Gasteiger partial charge in [-0.1, -0.05) is 23.2 Å². The molecule has 0 amide bonds. The van der Waals surface area contributed by atoms with Crippen LogP contribution in [0.1, 0.15) is 0 Å². The number of hydrogen-bond donors (Lipinski definition) is 0. The summed E-state index contributed by atoms with van der Waals surface area (Å²) in [7, 11) is 0. The molecule has 0 aliphatic heterocycles. The van der Waals surface area contributed by atoms with Crippen LogP contribution in [0.3, 0.4) is 0 Å². The maximum atomic E-state index is 6.20. The summed E-state index contributed by atoms with van der Waals surface area (Å²) in [5.41, 5.74) is 1.71. The molecule has 0 saturated carbocycles. The molecule has 0 unspecified atom stereocenters. The fourth-order valence-electron chi connectivity index (χ4n) is 1.75. The van der Waals surface area contributed by atoms with Gasteiger partial charge in [0.1, 0.15) is 17.1 Å². The van der Waals surface area contributed by atoms with Crippen LogP contribution in [0.2, 0.25) is 10.2 Å². The molecule has 0 bridgehead atoms. The lowest BCUT2D eigenvalue weighted by molar-refractivity contribution is 1.08. The normalized spacial score (nSPS) is 10.9. The Hall–Kier alpha value is -1.58. The first-order valence-corrected chi connectivity index (χ1v) is 5.74. The van der Waals surface area contributed by atoms with Gasteiger partial charge in [-0.3, -0.25) is 4.57 Å². The van der Waals surface area contributed by atoms with Crippen LogP contribution in [0.4, 0.5) is 0 Å². The van der Waals surface area contributed by atoms with Gasteiger partial charge in [-0.05, 0) is 30.3 Å². The Kier molecular flexibility index (Phi) is 2.50. The minimum absolute atomic E-state index is 0.600. The molecule has 1 aromatic carbocycles. The molecular weight excluding hydrogens is 257 g/mol. The summed E-state index contributed by atoms with van der Waals surface area (Å²) < 4.78 is 1.86. The highest BCUT2D eigenvalue weighted by Crippen LogP contribution is 2.26. The largest absolute Gasteiger partial charge is 0.284 e. The van der Waals surface area contributed by atoms with Crippen LogP contribution < -0.4 is 0 Å². The molecule has 0 aliphatic rings. The Morgan fingerprint density at radius 2 is 1.82 bits per heavy atom. The van der Waals surface area contributed by atoms with Crippen LogP contribution in [0.25, 0.3) is 16.7 Å². The SMILES string of the molecule is Clc1ccc(-n2c(Cl)cc3cncnc32)cc1. The van der Waals surface area contributed by atoms with Crippen molar-refractivity contribution in [2.24, 2.45) is 0 Å². The monoisotopic (exact) mass is 263 g/mol. The number of aromatic nitrogens is 3. The number of fused-ring (bicyclic) bond motifs is 1. The predicted octanol–water partition coefficient (Wildman–Crippen LogP) is 3.73. The zero-order valence-corrected chi connectivity index (χ0v) is 10.2. The molecule has 2 heterocycles. The molecule has 0 fully saturated rings. The van der Waals surface area contributed by atoms with Crippen molar-refractivity contribution in [2.75, 3.05) is 0 Å². The Morgan fingerprint density at radius 1 is 1.06 bits per heavy atom. The van der Waals surface area contributed by atoms with Crippen molar-refractivity contribution >= 4 is 34.2 Å². The smallest absolute Gasteiger partial charge is 0.149 e. The highest BCUT2D eigenvalue weighted by atomic mass is 35.5. The van der Waals surface area contributed by atoms with Crippen LogP contribution in [0.15, 0.2) is 42.9 Å². The average molecular weight is 264 g/mol. The molecule has 0 aliphatic carbocycles. The van der Waals surface area contributed by atoms with E-state index in [4.69, 9.17) is 23.2 Å². The van der Waals surface area contributed by atoms with Gasteiger partial charge in [0, 0.05) is 22.3 Å². The highest BCUT2D eigenvalue weighted by Gasteiger charge is 2.09. The minimum Gasteiger partial charge on any atom is -0.284 e. The summed E-state index contributed by atoms with van der Waals surface area (Å²) in [6.45, 7) is 0. The summed E-state index contributed by atoms with van der Waals surface area (Å²) >= 11 is 12.1. The fraction of sp³-hybridized carbons (Fsp3) is 0. The molecule has 0 atom stereocenters. The molecule has 2 aromatic heterocycles. The van der Waals surface area contributed by atoms with E-state index in [1.165, 1.54) is 6.33 Å². The number of nitrogens with zero attached hydrogens (tertiary/aromatic N) is 3. The van der Waals surface area contributed by atoms with Crippen molar-refractivity contribution in [3.63, 3.8) is 0 Å². The van der Waals surface area contributed by atoms with Gasteiger partial charge in [0.2, 0.25) is 0 Å². The van der Waals surface area contributed by atoms with Gasteiger partial charge in [0.05, 0.1) is 0 Å². The molecule has 3 rings (SSSR count). The van der Waals surface area contributed by atoms with Crippen LogP contribution in [-0.2, 0) is 0 Å². The molecule has 0 N–H and O–H groups in total. The average Bonchev–Trinajstić information content (AvgIpc) is 2.66. The Labute approximate surface area is 108 Å². The molecule has 0 saturated heterocycles. The van der Waals surface area contributed by atoms with Crippen molar-refractivity contribution in [1.29, 1.82) is 0 Å². The summed E-state index contributed by atoms with van der Waals surface area (Å²) in [6, 6.07) is 9.28. The first-order chi connectivity index (χ1) is 8.25. The van der Waals surface area contributed by atoms with Crippen molar-refractivity contribution < 1.29 is 0 Å². The van der Waals surface area contributed by atoms with Crippen LogP contribution in [0, 0.1) is 0 Å². The predicted molar refractivity (Wildman–Crippen MR) is 68.9 cm³/mol. The van der Waals surface area contributed by atoms with E-state index in [-0.39, 0.29) is 0 Å². The summed E-state index contributed by atoms with van der Waals surface area (Å²) in [6.07, 6.45) is 3.24. The first kappa shape index (κ1) is 10.6. The van der Waals surface area contributed by atoms with Crippen molar-refractivity contribution in [3.05, 3.63) is 53.0 Å². The minimum atomic E-state index is 0.600. The standard InChI is InChI=1S/C12H7Cl2N3/c13-9-1-3-10(4-2-9)17-11(14)5-8-6-15-7-16-12(8)17/h1-7H. The van der Waals surface area contributed by atoms with Crippen LogP contribution in [-0.4, -0.2) is 14.5 Å². The molecule has 3 aromatic rings. The van der Waals surface area contributed by atoms with Crippen molar-refractivity contribution in [2.45, 2.75) is 0 Å². The number of rotatable bonds is 1. The molecule has 0 spiro atoms. The third-order valence-electron chi connectivity index (χ3n) is 2.50. The molecule has 5 heteroatoms. The van der Waals surface area contributed by atoms with Crippen LogP contribution >= 0.6 is 23.2 Å². The van der Waals surface area contributed by atoms with Crippen molar-refractivity contribution in [1.82, 2.24) is 14.5 Å². The molecule has 84 valence electrons.